The molecule has 1 aromatic carbocycles. The summed E-state index contributed by atoms with van der Waals surface area (Å²) in [5.41, 5.74) is 5.73. The third-order valence-corrected chi connectivity index (χ3v) is 5.84. The van der Waals surface area contributed by atoms with Crippen LogP contribution in [0.3, 0.4) is 0 Å². The van der Waals surface area contributed by atoms with Gasteiger partial charge in [-0.1, -0.05) is 6.07 Å². The van der Waals surface area contributed by atoms with Gasteiger partial charge in [0.2, 0.25) is 5.43 Å². The molecule has 31 heavy (non-hydrogen) atoms. The van der Waals surface area contributed by atoms with Crippen LogP contribution in [0.5, 0.6) is 5.75 Å². The molecule has 0 fully saturated rings. The monoisotopic (exact) mass is 432 g/mol. The van der Waals surface area contributed by atoms with Crippen molar-refractivity contribution in [2.75, 3.05) is 20.2 Å². The van der Waals surface area contributed by atoms with Gasteiger partial charge in [0.1, 0.15) is 17.2 Å². The number of ether oxygens (including phenoxy) is 1. The third kappa shape index (κ3) is 3.27. The minimum absolute atomic E-state index is 0.0622. The number of rotatable bonds is 5. The number of benzene rings is 1. The highest BCUT2D eigenvalue weighted by molar-refractivity contribution is 6.00. The Morgan fingerprint density at radius 2 is 2.06 bits per heavy atom. The predicted molar refractivity (Wildman–Crippen MR) is 107 cm³/mol. The topological polar surface area (TPSA) is 107 Å². The first-order chi connectivity index (χ1) is 14.8. The van der Waals surface area contributed by atoms with E-state index in [1.807, 2.05) is 6.92 Å². The Hall–Kier alpha value is -3.27. The number of pyridine rings is 1. The lowest BCUT2D eigenvalue weighted by Crippen LogP contribution is -2.45. The predicted octanol–water partition coefficient (Wildman–Crippen LogP) is 1.49. The number of carbonyl (C=O) groups is 2. The van der Waals surface area contributed by atoms with Crippen molar-refractivity contribution in [2.24, 2.45) is 5.73 Å². The number of nitrogens with two attached hydrogens (primary N) is 1. The first-order valence-corrected chi connectivity index (χ1v) is 9.91. The molecule has 0 bridgehead atoms. The first kappa shape index (κ1) is 21.0. The Balaban J connectivity index is 1.78. The van der Waals surface area contributed by atoms with Crippen LogP contribution in [-0.2, 0) is 6.54 Å². The van der Waals surface area contributed by atoms with Crippen LogP contribution < -0.4 is 21.2 Å². The van der Waals surface area contributed by atoms with Crippen molar-refractivity contribution in [3.8, 4) is 5.75 Å². The minimum atomic E-state index is -0.813. The summed E-state index contributed by atoms with van der Waals surface area (Å²) >= 11 is 0. The molecule has 3 N–H and O–H groups in total. The summed E-state index contributed by atoms with van der Waals surface area (Å²) in [6, 6.07) is 2.18. The summed E-state index contributed by atoms with van der Waals surface area (Å²) in [6.07, 6.45) is 0.455. The summed E-state index contributed by atoms with van der Waals surface area (Å²) in [5, 5.41) is 2.50. The molecule has 2 aliphatic rings. The van der Waals surface area contributed by atoms with Gasteiger partial charge in [0.15, 0.2) is 11.4 Å². The maximum Gasteiger partial charge on any atom is 0.274 e. The lowest BCUT2D eigenvalue weighted by Gasteiger charge is -2.34. The van der Waals surface area contributed by atoms with E-state index < -0.39 is 29.0 Å². The average Bonchev–Trinajstić information content (AvgIpc) is 3.05. The molecule has 10 heteroatoms. The highest BCUT2D eigenvalue weighted by Crippen LogP contribution is 2.41. The van der Waals surface area contributed by atoms with Gasteiger partial charge < -0.3 is 25.3 Å². The molecule has 0 aliphatic carbocycles. The fourth-order valence-electron chi connectivity index (χ4n) is 4.40. The molecule has 3 heterocycles. The number of hydrogen-bond acceptors (Lipinski definition) is 5. The van der Waals surface area contributed by atoms with Gasteiger partial charge in [0, 0.05) is 37.3 Å². The number of carbonyl (C=O) groups excluding carboxylic acids is 2. The molecule has 2 aromatic rings. The number of halogens is 2. The molecule has 4 rings (SSSR count). The number of hydrogen-bond donors (Lipinski definition) is 2. The van der Waals surface area contributed by atoms with Gasteiger partial charge >= 0.3 is 0 Å². The lowest BCUT2D eigenvalue weighted by atomic mass is 10.0. The van der Waals surface area contributed by atoms with Crippen LogP contribution in [0.1, 0.15) is 57.5 Å². The molecule has 2 atom stereocenters. The largest absolute Gasteiger partial charge is 0.491 e. The van der Waals surface area contributed by atoms with Gasteiger partial charge in [0.25, 0.3) is 11.8 Å². The van der Waals surface area contributed by atoms with E-state index in [4.69, 9.17) is 10.5 Å². The number of aromatic nitrogens is 1. The summed E-state index contributed by atoms with van der Waals surface area (Å²) in [6.45, 7) is 2.46. The molecule has 0 saturated heterocycles. The van der Waals surface area contributed by atoms with Gasteiger partial charge in [-0.05, 0) is 19.4 Å². The smallest absolute Gasteiger partial charge is 0.274 e. The number of nitrogens with zero attached hydrogens (tertiary/aromatic N) is 2. The molecular weight excluding hydrogens is 410 g/mol. The molecule has 1 unspecified atom stereocenters. The Kier molecular flexibility index (Phi) is 5.26. The normalized spacial score (nSPS) is 19.4. The fraction of sp³-hybridized carbons (Fsp3) is 0.381. The molecular formula is C21H22F2N4O4. The zero-order valence-electron chi connectivity index (χ0n) is 17.1. The van der Waals surface area contributed by atoms with E-state index in [2.05, 4.69) is 5.32 Å². The third-order valence-electron chi connectivity index (χ3n) is 5.84. The van der Waals surface area contributed by atoms with Crippen molar-refractivity contribution in [3.63, 3.8) is 0 Å². The van der Waals surface area contributed by atoms with Crippen molar-refractivity contribution in [1.29, 1.82) is 0 Å². The summed E-state index contributed by atoms with van der Waals surface area (Å²) in [7, 11) is 1.26. The number of methoxy groups -OCH3 is 1. The zero-order valence-corrected chi connectivity index (χ0v) is 17.1. The van der Waals surface area contributed by atoms with Crippen LogP contribution >= 0.6 is 0 Å². The van der Waals surface area contributed by atoms with E-state index in [1.54, 1.807) is 9.47 Å². The van der Waals surface area contributed by atoms with E-state index in [0.717, 1.165) is 6.07 Å². The van der Waals surface area contributed by atoms with E-state index in [9.17, 15) is 23.2 Å². The lowest BCUT2D eigenvalue weighted by molar-refractivity contribution is 0.0674. The molecule has 164 valence electrons. The summed E-state index contributed by atoms with van der Waals surface area (Å²) in [4.78, 5) is 40.7. The number of likely N-dealkylation sites (N-methyl/N-ethyl adjacent to an activating group) is 1. The molecule has 8 nitrogen and oxygen atoms in total. The van der Waals surface area contributed by atoms with Crippen LogP contribution in [0.15, 0.2) is 23.0 Å². The van der Waals surface area contributed by atoms with Gasteiger partial charge in [-0.25, -0.2) is 8.78 Å². The molecule has 2 aliphatic heterocycles. The van der Waals surface area contributed by atoms with Gasteiger partial charge in [-0.2, -0.15) is 0 Å². The minimum Gasteiger partial charge on any atom is -0.491 e. The van der Waals surface area contributed by atoms with Crippen LogP contribution in [-0.4, -0.2) is 41.5 Å². The van der Waals surface area contributed by atoms with E-state index in [-0.39, 0.29) is 46.8 Å². The maximum atomic E-state index is 13.9. The number of amides is 2. The maximum absolute atomic E-state index is 13.9. The molecule has 0 spiro atoms. The van der Waals surface area contributed by atoms with Crippen LogP contribution in [0.25, 0.3) is 0 Å². The van der Waals surface area contributed by atoms with Crippen molar-refractivity contribution in [1.82, 2.24) is 14.8 Å². The second-order valence-corrected chi connectivity index (χ2v) is 7.60. The first-order valence-electron chi connectivity index (χ1n) is 9.91. The van der Waals surface area contributed by atoms with Crippen LogP contribution in [0.2, 0.25) is 0 Å². The summed E-state index contributed by atoms with van der Waals surface area (Å²) in [5.74, 6) is -2.89. The van der Waals surface area contributed by atoms with Crippen LogP contribution in [0.4, 0.5) is 8.78 Å². The van der Waals surface area contributed by atoms with E-state index >= 15 is 0 Å². The van der Waals surface area contributed by atoms with Gasteiger partial charge in [0.05, 0.1) is 18.8 Å². The Labute approximate surface area is 176 Å². The molecule has 0 saturated carbocycles. The van der Waals surface area contributed by atoms with Gasteiger partial charge in [-0.3, -0.25) is 14.4 Å². The molecule has 2 amide bonds. The second-order valence-electron chi connectivity index (χ2n) is 7.60. The van der Waals surface area contributed by atoms with Crippen molar-refractivity contribution >= 4 is 11.8 Å². The average molecular weight is 432 g/mol. The van der Waals surface area contributed by atoms with Crippen molar-refractivity contribution in [3.05, 3.63) is 62.6 Å². The highest BCUT2D eigenvalue weighted by atomic mass is 19.1. The van der Waals surface area contributed by atoms with Crippen LogP contribution in [0, 0.1) is 11.6 Å². The van der Waals surface area contributed by atoms with Crippen molar-refractivity contribution in [2.45, 2.75) is 32.0 Å². The standard InChI is InChI=1S/C21H22F2N4O4/c1-3-26-9-12-7-14(24)16-15(18(28)19(31-2)17(21(26)30)27(12)16)20(29)25-8-10-4-5-11(22)6-13(10)23/h4-6,12,14H,3,7-9,24H2,1-2H3,(H,25,29)/t12-,14?/m1/s1. The quantitative estimate of drug-likeness (QED) is 0.745. The molecule has 0 radical (unpaired) electrons. The SMILES string of the molecule is CCN1C[C@H]2CC(N)c3c(C(=O)NCc4ccc(F)cc4F)c(=O)c(OC)c(n32)C1=O. The van der Waals surface area contributed by atoms with Crippen molar-refractivity contribution < 1.29 is 23.1 Å². The Morgan fingerprint density at radius 1 is 1.32 bits per heavy atom. The fourth-order valence-corrected chi connectivity index (χ4v) is 4.40. The highest BCUT2D eigenvalue weighted by Gasteiger charge is 2.44. The van der Waals surface area contributed by atoms with Gasteiger partial charge in [-0.15, -0.1) is 0 Å². The zero-order chi connectivity index (χ0) is 22.4. The molecule has 1 aromatic heterocycles. The van der Waals surface area contributed by atoms with E-state index in [1.165, 1.54) is 13.2 Å². The van der Waals surface area contributed by atoms with E-state index in [0.29, 0.717) is 25.6 Å². The Bertz CT molecular complexity index is 1150. The second kappa shape index (κ2) is 7.77. The Morgan fingerprint density at radius 3 is 2.71 bits per heavy atom. The number of nitrogens with one attached hydrogen (secondary N) is 1. The summed E-state index contributed by atoms with van der Waals surface area (Å²) < 4.78 is 33.9.